The van der Waals surface area contributed by atoms with Crippen molar-refractivity contribution >= 4 is 39.0 Å². The smallest absolute Gasteiger partial charge is 0.345 e. The molecule has 1 amide bonds. The van der Waals surface area contributed by atoms with Crippen LogP contribution in [-0.2, 0) is 4.79 Å². The van der Waals surface area contributed by atoms with Gasteiger partial charge in [0.1, 0.15) is 5.58 Å². The highest BCUT2D eigenvalue weighted by Crippen LogP contribution is 2.27. The van der Waals surface area contributed by atoms with E-state index in [2.05, 4.69) is 10.3 Å². The standard InChI is InChI=1S/C14H9N3O5S/c1-7(18)15-14-16-11(6-23-14)10-5-8-4-9(17(20)21)2-3-12(8)22-13(10)19/h2-6H,1H3,(H,15,16,18). The van der Waals surface area contributed by atoms with Gasteiger partial charge < -0.3 is 9.73 Å². The molecule has 0 aliphatic rings. The molecule has 0 saturated heterocycles. The molecule has 23 heavy (non-hydrogen) atoms. The van der Waals surface area contributed by atoms with Gasteiger partial charge in [0, 0.05) is 29.8 Å². The number of amides is 1. The lowest BCUT2D eigenvalue weighted by atomic mass is 10.1. The zero-order valence-electron chi connectivity index (χ0n) is 11.7. The third kappa shape index (κ3) is 2.94. The lowest BCUT2D eigenvalue weighted by Crippen LogP contribution is -2.06. The molecular formula is C14H9N3O5S. The maximum absolute atomic E-state index is 12.1. The number of carbonyl (C=O) groups is 1. The van der Waals surface area contributed by atoms with Crippen molar-refractivity contribution in [1.82, 2.24) is 4.98 Å². The van der Waals surface area contributed by atoms with E-state index in [1.165, 1.54) is 31.2 Å². The number of fused-ring (bicyclic) bond motifs is 1. The summed E-state index contributed by atoms with van der Waals surface area (Å²) in [5.74, 6) is -0.271. The first-order valence-electron chi connectivity index (χ1n) is 6.40. The fourth-order valence-corrected chi connectivity index (χ4v) is 2.77. The van der Waals surface area contributed by atoms with Gasteiger partial charge in [0.05, 0.1) is 16.2 Å². The van der Waals surface area contributed by atoms with Gasteiger partial charge in [-0.2, -0.15) is 0 Å². The summed E-state index contributed by atoms with van der Waals surface area (Å²) in [6.07, 6.45) is 0. The molecule has 2 heterocycles. The summed E-state index contributed by atoms with van der Waals surface area (Å²) in [7, 11) is 0. The monoisotopic (exact) mass is 331 g/mol. The lowest BCUT2D eigenvalue weighted by Gasteiger charge is -2.00. The Morgan fingerprint density at radius 1 is 1.39 bits per heavy atom. The number of non-ortho nitro benzene ring substituents is 1. The average Bonchev–Trinajstić information content (AvgIpc) is 2.93. The first-order valence-corrected chi connectivity index (χ1v) is 7.28. The van der Waals surface area contributed by atoms with E-state index >= 15 is 0 Å². The summed E-state index contributed by atoms with van der Waals surface area (Å²) in [4.78, 5) is 37.5. The van der Waals surface area contributed by atoms with Crippen LogP contribution in [0.2, 0.25) is 0 Å². The Morgan fingerprint density at radius 2 is 2.17 bits per heavy atom. The molecule has 1 N–H and O–H groups in total. The molecule has 0 bridgehead atoms. The number of hydrogen-bond acceptors (Lipinski definition) is 7. The Hall–Kier alpha value is -3.07. The highest BCUT2D eigenvalue weighted by molar-refractivity contribution is 7.14. The summed E-state index contributed by atoms with van der Waals surface area (Å²) in [6, 6.07) is 5.45. The van der Waals surface area contributed by atoms with E-state index in [1.807, 2.05) is 0 Å². The van der Waals surface area contributed by atoms with Gasteiger partial charge in [-0.05, 0) is 12.1 Å². The van der Waals surface area contributed by atoms with Crippen molar-refractivity contribution in [3.8, 4) is 11.3 Å². The highest BCUT2D eigenvalue weighted by Gasteiger charge is 2.14. The van der Waals surface area contributed by atoms with E-state index in [9.17, 15) is 19.7 Å². The van der Waals surface area contributed by atoms with Crippen molar-refractivity contribution in [2.75, 3.05) is 5.32 Å². The van der Waals surface area contributed by atoms with E-state index in [1.54, 1.807) is 5.38 Å². The number of thiazole rings is 1. The van der Waals surface area contributed by atoms with Gasteiger partial charge in [0.25, 0.3) is 5.69 Å². The zero-order valence-corrected chi connectivity index (χ0v) is 12.5. The summed E-state index contributed by atoms with van der Waals surface area (Å²) in [5, 5.41) is 15.7. The molecule has 0 radical (unpaired) electrons. The van der Waals surface area contributed by atoms with Crippen molar-refractivity contribution in [2.24, 2.45) is 0 Å². The molecule has 116 valence electrons. The third-order valence-corrected chi connectivity index (χ3v) is 3.75. The van der Waals surface area contributed by atoms with E-state index in [0.29, 0.717) is 16.2 Å². The third-order valence-electron chi connectivity index (χ3n) is 2.99. The molecule has 3 rings (SSSR count). The SMILES string of the molecule is CC(=O)Nc1nc(-c2cc3cc([N+](=O)[O-])ccc3oc2=O)cs1. The second-order valence-electron chi connectivity index (χ2n) is 4.65. The molecule has 0 atom stereocenters. The second kappa shape index (κ2) is 5.61. The molecule has 0 spiro atoms. The van der Waals surface area contributed by atoms with Crippen LogP contribution < -0.4 is 10.9 Å². The first kappa shape index (κ1) is 14.9. The van der Waals surface area contributed by atoms with E-state index < -0.39 is 10.5 Å². The van der Waals surface area contributed by atoms with Crippen LogP contribution >= 0.6 is 11.3 Å². The number of carbonyl (C=O) groups excluding carboxylic acids is 1. The molecule has 3 aromatic rings. The van der Waals surface area contributed by atoms with Gasteiger partial charge in [-0.1, -0.05) is 0 Å². The predicted molar refractivity (Wildman–Crippen MR) is 84.6 cm³/mol. The minimum Gasteiger partial charge on any atom is -0.422 e. The number of nitrogens with one attached hydrogen (secondary N) is 1. The van der Waals surface area contributed by atoms with Gasteiger partial charge in [-0.25, -0.2) is 9.78 Å². The van der Waals surface area contributed by atoms with Gasteiger partial charge in [-0.3, -0.25) is 14.9 Å². The summed E-state index contributed by atoms with van der Waals surface area (Å²) in [5.41, 5.74) is 0.0500. The Balaban J connectivity index is 2.11. The van der Waals surface area contributed by atoms with Crippen molar-refractivity contribution < 1.29 is 14.1 Å². The van der Waals surface area contributed by atoms with Crippen molar-refractivity contribution in [3.63, 3.8) is 0 Å². The van der Waals surface area contributed by atoms with Gasteiger partial charge in [0.15, 0.2) is 5.13 Å². The van der Waals surface area contributed by atoms with Crippen LogP contribution in [0, 0.1) is 10.1 Å². The zero-order chi connectivity index (χ0) is 16.6. The highest BCUT2D eigenvalue weighted by atomic mass is 32.1. The van der Waals surface area contributed by atoms with Gasteiger partial charge in [0.2, 0.25) is 5.91 Å². The maximum Gasteiger partial charge on any atom is 0.345 e. The molecule has 9 heteroatoms. The molecule has 0 unspecified atom stereocenters. The van der Waals surface area contributed by atoms with E-state index in [-0.39, 0.29) is 22.7 Å². The molecule has 0 aliphatic heterocycles. The van der Waals surface area contributed by atoms with E-state index in [0.717, 1.165) is 11.3 Å². The molecule has 0 saturated carbocycles. The number of rotatable bonds is 3. The van der Waals surface area contributed by atoms with E-state index in [4.69, 9.17) is 4.42 Å². The maximum atomic E-state index is 12.1. The molecule has 0 fully saturated rings. The molecule has 0 aliphatic carbocycles. The fourth-order valence-electron chi connectivity index (χ4n) is 2.01. The number of hydrogen-bond donors (Lipinski definition) is 1. The minimum atomic E-state index is -0.606. The summed E-state index contributed by atoms with van der Waals surface area (Å²) < 4.78 is 5.17. The van der Waals surface area contributed by atoms with Crippen LogP contribution in [0.25, 0.3) is 22.2 Å². The van der Waals surface area contributed by atoms with Gasteiger partial charge >= 0.3 is 5.63 Å². The number of benzene rings is 1. The quantitative estimate of drug-likeness (QED) is 0.448. The summed E-state index contributed by atoms with van der Waals surface area (Å²) in [6.45, 7) is 1.35. The predicted octanol–water partition coefficient (Wildman–Crippen LogP) is 2.78. The number of nitro groups is 1. The largest absolute Gasteiger partial charge is 0.422 e. The van der Waals surface area contributed by atoms with Crippen LogP contribution in [0.15, 0.2) is 38.9 Å². The van der Waals surface area contributed by atoms with Crippen molar-refractivity contribution in [3.05, 3.63) is 50.2 Å². The minimum absolute atomic E-state index is 0.102. The molecular weight excluding hydrogens is 322 g/mol. The van der Waals surface area contributed by atoms with Crippen molar-refractivity contribution in [1.29, 1.82) is 0 Å². The Bertz CT molecular complexity index is 991. The van der Waals surface area contributed by atoms with Crippen molar-refractivity contribution in [2.45, 2.75) is 6.92 Å². The topological polar surface area (TPSA) is 115 Å². The van der Waals surface area contributed by atoms with Crippen LogP contribution in [0.5, 0.6) is 0 Å². The molecule has 8 nitrogen and oxygen atoms in total. The molecule has 2 aromatic heterocycles. The summed E-state index contributed by atoms with van der Waals surface area (Å²) >= 11 is 1.16. The molecule has 1 aromatic carbocycles. The fraction of sp³-hybridized carbons (Fsp3) is 0.0714. The number of anilines is 1. The van der Waals surface area contributed by atoms with Crippen LogP contribution in [0.1, 0.15) is 6.92 Å². The normalized spacial score (nSPS) is 10.7. The first-order chi connectivity index (χ1) is 10.9. The lowest BCUT2D eigenvalue weighted by molar-refractivity contribution is -0.384. The van der Waals surface area contributed by atoms with Crippen LogP contribution in [0.3, 0.4) is 0 Å². The number of nitrogens with zero attached hydrogens (tertiary/aromatic N) is 2. The number of nitro benzene ring substituents is 1. The second-order valence-corrected chi connectivity index (χ2v) is 5.50. The number of aromatic nitrogens is 1. The van der Waals surface area contributed by atoms with Gasteiger partial charge in [-0.15, -0.1) is 11.3 Å². The van der Waals surface area contributed by atoms with Crippen LogP contribution in [-0.4, -0.2) is 15.8 Å². The Kier molecular flexibility index (Phi) is 3.62. The van der Waals surface area contributed by atoms with Crippen LogP contribution in [0.4, 0.5) is 10.8 Å². The Labute approximate surface area is 132 Å². The average molecular weight is 331 g/mol. The Morgan fingerprint density at radius 3 is 2.87 bits per heavy atom.